The number of aryl methyl sites for hydroxylation is 2. The van der Waals surface area contributed by atoms with Crippen LogP contribution in [-0.4, -0.2) is 18.1 Å². The third-order valence-corrected chi connectivity index (χ3v) is 8.04. The van der Waals surface area contributed by atoms with Crippen molar-refractivity contribution in [2.75, 3.05) is 22.9 Å². The van der Waals surface area contributed by atoms with Crippen LogP contribution in [0, 0.1) is 5.92 Å². The molecule has 224 valence electrons. The molecule has 0 aliphatic heterocycles. The summed E-state index contributed by atoms with van der Waals surface area (Å²) in [6.07, 6.45) is 0.763. The number of alkyl halides is 6. The fourth-order valence-corrected chi connectivity index (χ4v) is 6.09. The molecule has 2 aliphatic carbocycles. The number of nitrogens with zero attached hydrogens (tertiary/aromatic N) is 3. The largest absolute Gasteiger partial charge is 0.432 e. The van der Waals surface area contributed by atoms with Crippen LogP contribution in [0.15, 0.2) is 47.2 Å². The van der Waals surface area contributed by atoms with Crippen LogP contribution in [0.3, 0.4) is 0 Å². The normalized spacial score (nSPS) is 15.6. The van der Waals surface area contributed by atoms with Crippen molar-refractivity contribution in [2.45, 2.75) is 77.3 Å². The quantitative estimate of drug-likeness (QED) is 0.229. The molecule has 1 saturated carbocycles. The minimum Gasteiger partial charge on any atom is -0.432 e. The molecule has 0 bridgehead atoms. The number of anilines is 2. The van der Waals surface area contributed by atoms with Gasteiger partial charge in [0, 0.05) is 31.9 Å². The van der Waals surface area contributed by atoms with Crippen LogP contribution in [0.1, 0.15) is 72.4 Å². The van der Waals surface area contributed by atoms with Gasteiger partial charge in [0.2, 0.25) is 0 Å². The maximum Gasteiger partial charge on any atom is 0.416 e. The van der Waals surface area contributed by atoms with E-state index in [4.69, 9.17) is 4.42 Å². The molecule has 5 rings (SSSR count). The van der Waals surface area contributed by atoms with Gasteiger partial charge in [0.05, 0.1) is 17.3 Å². The van der Waals surface area contributed by atoms with Crippen molar-refractivity contribution >= 4 is 24.1 Å². The fraction of sp³-hybridized carbons (Fsp3) is 0.500. The second-order valence-corrected chi connectivity index (χ2v) is 10.9. The van der Waals surface area contributed by atoms with E-state index in [9.17, 15) is 26.3 Å². The Kier molecular flexibility index (Phi) is 9.51. The summed E-state index contributed by atoms with van der Waals surface area (Å²) in [4.78, 5) is 8.18. The van der Waals surface area contributed by atoms with E-state index in [0.29, 0.717) is 5.92 Å². The van der Waals surface area contributed by atoms with Gasteiger partial charge in [0.1, 0.15) is 6.26 Å². The monoisotopic (exact) mass is 601 g/mol. The highest BCUT2D eigenvalue weighted by molar-refractivity contribution is 5.85. The Hall–Kier alpha value is -2.88. The van der Waals surface area contributed by atoms with Crippen molar-refractivity contribution in [2.24, 2.45) is 5.92 Å². The van der Waals surface area contributed by atoms with Crippen molar-refractivity contribution in [3.8, 4) is 0 Å². The number of oxazole rings is 1. The molecule has 3 aromatic rings. The summed E-state index contributed by atoms with van der Waals surface area (Å²) in [6, 6.07) is 6.21. The Morgan fingerprint density at radius 3 is 2.02 bits per heavy atom. The van der Waals surface area contributed by atoms with Crippen molar-refractivity contribution in [1.29, 1.82) is 0 Å². The van der Waals surface area contributed by atoms with Gasteiger partial charge >= 0.3 is 12.4 Å². The Morgan fingerprint density at radius 1 is 0.829 bits per heavy atom. The number of rotatable bonds is 9. The summed E-state index contributed by atoms with van der Waals surface area (Å²) in [7, 11) is 0. The molecule has 1 heterocycles. The molecule has 4 nitrogen and oxygen atoms in total. The van der Waals surface area contributed by atoms with Crippen LogP contribution in [0.4, 0.5) is 38.0 Å². The third kappa shape index (κ3) is 7.31. The van der Waals surface area contributed by atoms with Crippen LogP contribution < -0.4 is 9.80 Å². The number of hydrogen-bond donors (Lipinski definition) is 0. The molecule has 41 heavy (non-hydrogen) atoms. The molecular formula is C30H34ClF6N3O. The van der Waals surface area contributed by atoms with Gasteiger partial charge < -0.3 is 14.2 Å². The van der Waals surface area contributed by atoms with Crippen LogP contribution in [0.2, 0.25) is 0 Å². The van der Waals surface area contributed by atoms with E-state index in [2.05, 4.69) is 28.9 Å². The van der Waals surface area contributed by atoms with Crippen LogP contribution in [0.5, 0.6) is 0 Å². The summed E-state index contributed by atoms with van der Waals surface area (Å²) in [6.45, 7) is 3.81. The molecule has 1 fully saturated rings. The van der Waals surface area contributed by atoms with Crippen molar-refractivity contribution < 1.29 is 30.8 Å². The molecular weight excluding hydrogens is 568 g/mol. The first kappa shape index (κ1) is 31.1. The van der Waals surface area contributed by atoms with E-state index in [1.165, 1.54) is 49.3 Å². The first-order chi connectivity index (χ1) is 19.0. The number of halogens is 7. The first-order valence-electron chi connectivity index (χ1n) is 13.8. The molecule has 0 N–H and O–H groups in total. The Morgan fingerprint density at radius 2 is 1.46 bits per heavy atom. The SMILES string of the molecule is CCN(CC1CCCC1)c1cc2c(cc1CN(Cc1cc(C(F)(F)F)cc(C(F)(F)F)c1)c1ncco1)CCC2.Cl. The minimum absolute atomic E-state index is 0. The maximum atomic E-state index is 13.6. The highest BCUT2D eigenvalue weighted by Gasteiger charge is 2.37. The van der Waals surface area contributed by atoms with Gasteiger partial charge in [0.15, 0.2) is 0 Å². The van der Waals surface area contributed by atoms with Crippen molar-refractivity contribution in [3.05, 3.63) is 76.2 Å². The van der Waals surface area contributed by atoms with E-state index < -0.39 is 23.5 Å². The van der Waals surface area contributed by atoms with E-state index in [0.717, 1.165) is 55.7 Å². The number of hydrogen-bond acceptors (Lipinski definition) is 4. The van der Waals surface area contributed by atoms with Crippen LogP contribution in [0.25, 0.3) is 0 Å². The molecule has 2 aliphatic rings. The van der Waals surface area contributed by atoms with Crippen LogP contribution >= 0.6 is 12.4 Å². The van der Waals surface area contributed by atoms with E-state index in [-0.39, 0.29) is 43.1 Å². The Balaban J connectivity index is 0.00000387. The zero-order valence-corrected chi connectivity index (χ0v) is 23.6. The summed E-state index contributed by atoms with van der Waals surface area (Å²) >= 11 is 0. The molecule has 0 atom stereocenters. The highest BCUT2D eigenvalue weighted by Crippen LogP contribution is 2.38. The van der Waals surface area contributed by atoms with Gasteiger partial charge in [-0.25, -0.2) is 4.98 Å². The molecule has 0 amide bonds. The third-order valence-electron chi connectivity index (χ3n) is 8.04. The summed E-state index contributed by atoms with van der Waals surface area (Å²) in [5, 5.41) is 0. The van der Waals surface area contributed by atoms with Crippen molar-refractivity contribution in [3.63, 3.8) is 0 Å². The standard InChI is InChI=1S/C30H33F6N3O.ClH/c1-2-38(17-20-6-3-4-7-20)27-15-23-9-5-8-22(23)14-24(27)19-39(28-37-10-11-40-28)18-21-12-25(29(31,32)33)16-26(13-21)30(34,35)36;/h10-16,20H,2-9,17-19H2,1H3;1H. The number of benzene rings is 2. The van der Waals surface area contributed by atoms with Gasteiger partial charge in [-0.2, -0.15) is 26.3 Å². The second-order valence-electron chi connectivity index (χ2n) is 10.9. The summed E-state index contributed by atoms with van der Waals surface area (Å²) in [5.41, 5.74) is 1.77. The lowest BCUT2D eigenvalue weighted by atomic mass is 10.0. The van der Waals surface area contributed by atoms with Gasteiger partial charge in [-0.1, -0.05) is 18.9 Å². The summed E-state index contributed by atoms with van der Waals surface area (Å²) < 4.78 is 86.8. The zero-order chi connectivity index (χ0) is 28.5. The lowest BCUT2D eigenvalue weighted by Gasteiger charge is -2.31. The lowest BCUT2D eigenvalue weighted by molar-refractivity contribution is -0.143. The molecule has 0 spiro atoms. The van der Waals surface area contributed by atoms with Crippen LogP contribution in [-0.2, 0) is 38.3 Å². The molecule has 2 aromatic carbocycles. The topological polar surface area (TPSA) is 32.5 Å². The molecule has 0 radical (unpaired) electrons. The second kappa shape index (κ2) is 12.5. The highest BCUT2D eigenvalue weighted by atomic mass is 35.5. The summed E-state index contributed by atoms with van der Waals surface area (Å²) in [5.74, 6) is 0.606. The van der Waals surface area contributed by atoms with Gasteiger partial charge in [0.25, 0.3) is 6.01 Å². The molecule has 11 heteroatoms. The Labute approximate surface area is 242 Å². The van der Waals surface area contributed by atoms with E-state index in [1.807, 2.05) is 0 Å². The van der Waals surface area contributed by atoms with Gasteiger partial charge in [-0.3, -0.25) is 0 Å². The molecule has 0 saturated heterocycles. The average molecular weight is 602 g/mol. The van der Waals surface area contributed by atoms with Gasteiger partial charge in [-0.15, -0.1) is 12.4 Å². The van der Waals surface area contributed by atoms with Crippen molar-refractivity contribution in [1.82, 2.24) is 4.98 Å². The van der Waals surface area contributed by atoms with Gasteiger partial charge in [-0.05, 0) is 91.5 Å². The maximum absolute atomic E-state index is 13.6. The van der Waals surface area contributed by atoms with E-state index >= 15 is 0 Å². The molecule has 1 aromatic heterocycles. The smallest absolute Gasteiger partial charge is 0.416 e. The molecule has 0 unspecified atom stereocenters. The minimum atomic E-state index is -4.92. The lowest BCUT2D eigenvalue weighted by Crippen LogP contribution is -2.31. The zero-order valence-electron chi connectivity index (χ0n) is 22.8. The predicted molar refractivity (Wildman–Crippen MR) is 148 cm³/mol. The number of aromatic nitrogens is 1. The fourth-order valence-electron chi connectivity index (χ4n) is 6.09. The average Bonchev–Trinajstić information content (AvgIpc) is 3.68. The Bertz CT molecular complexity index is 1270. The number of fused-ring (bicyclic) bond motifs is 1. The first-order valence-corrected chi connectivity index (χ1v) is 13.8. The predicted octanol–water partition coefficient (Wildman–Crippen LogP) is 8.85. The van der Waals surface area contributed by atoms with E-state index in [1.54, 1.807) is 4.90 Å².